The summed E-state index contributed by atoms with van der Waals surface area (Å²) in [6, 6.07) is 9.34. The molecule has 0 aliphatic heterocycles. The number of carboxylic acid groups (broad SMARTS) is 1. The second kappa shape index (κ2) is 6.60. The number of carboxylic acids is 1. The smallest absolute Gasteiger partial charge is 0.416 e. The van der Waals surface area contributed by atoms with Crippen molar-refractivity contribution in [2.45, 2.75) is 6.18 Å². The van der Waals surface area contributed by atoms with Gasteiger partial charge in [0.1, 0.15) is 11.5 Å². The van der Waals surface area contributed by atoms with Crippen molar-refractivity contribution in [1.82, 2.24) is 0 Å². The number of carbonyl (C=O) groups is 1. The van der Waals surface area contributed by atoms with Crippen molar-refractivity contribution in [1.29, 1.82) is 0 Å². The van der Waals surface area contributed by atoms with Gasteiger partial charge < -0.3 is 14.6 Å². The molecule has 0 unspecified atom stereocenters. The molecule has 1 N–H and O–H groups in total. The highest BCUT2D eigenvalue weighted by atomic mass is 19.4. The van der Waals surface area contributed by atoms with E-state index in [0.29, 0.717) is 11.3 Å². The molecule has 0 aliphatic carbocycles. The third-order valence-electron chi connectivity index (χ3n) is 3.06. The van der Waals surface area contributed by atoms with E-state index in [2.05, 4.69) is 0 Å². The fraction of sp³-hybridized carbons (Fsp3) is 0.188. The Balaban J connectivity index is 2.58. The summed E-state index contributed by atoms with van der Waals surface area (Å²) in [5, 5.41) is 8.69. The zero-order valence-corrected chi connectivity index (χ0v) is 12.1. The Bertz CT molecular complexity index is 711. The van der Waals surface area contributed by atoms with Crippen LogP contribution in [0.1, 0.15) is 5.56 Å². The van der Waals surface area contributed by atoms with E-state index in [-0.39, 0.29) is 11.3 Å². The van der Waals surface area contributed by atoms with Crippen LogP contribution in [-0.2, 0) is 11.0 Å². The summed E-state index contributed by atoms with van der Waals surface area (Å²) in [4.78, 5) is 10.6. The fourth-order valence-electron chi connectivity index (χ4n) is 2.05. The van der Waals surface area contributed by atoms with Crippen molar-refractivity contribution in [2.75, 3.05) is 13.7 Å². The second-order valence-corrected chi connectivity index (χ2v) is 4.59. The number of halogens is 3. The van der Waals surface area contributed by atoms with Crippen LogP contribution in [0, 0.1) is 0 Å². The van der Waals surface area contributed by atoms with Gasteiger partial charge in [-0.05, 0) is 24.3 Å². The molecule has 7 heteroatoms. The van der Waals surface area contributed by atoms with Crippen LogP contribution in [0.4, 0.5) is 13.2 Å². The van der Waals surface area contributed by atoms with E-state index in [1.54, 1.807) is 24.3 Å². The SMILES string of the molecule is COc1ccccc1-c1cc(C(F)(F)F)ccc1OCC(=O)O. The Morgan fingerprint density at radius 3 is 2.39 bits per heavy atom. The van der Waals surface area contributed by atoms with E-state index < -0.39 is 24.3 Å². The van der Waals surface area contributed by atoms with Crippen molar-refractivity contribution in [3.63, 3.8) is 0 Å². The molecule has 0 saturated carbocycles. The summed E-state index contributed by atoms with van der Waals surface area (Å²) < 4.78 is 49.1. The average molecular weight is 326 g/mol. The van der Waals surface area contributed by atoms with Crippen molar-refractivity contribution in [2.24, 2.45) is 0 Å². The molecule has 0 spiro atoms. The van der Waals surface area contributed by atoms with Crippen molar-refractivity contribution < 1.29 is 32.5 Å². The summed E-state index contributed by atoms with van der Waals surface area (Å²) in [5.41, 5.74) is -0.374. The highest BCUT2D eigenvalue weighted by Gasteiger charge is 2.31. The van der Waals surface area contributed by atoms with Crippen LogP contribution in [0.25, 0.3) is 11.1 Å². The van der Waals surface area contributed by atoms with Gasteiger partial charge in [-0.25, -0.2) is 4.79 Å². The molecule has 0 bridgehead atoms. The third-order valence-corrected chi connectivity index (χ3v) is 3.06. The van der Waals surface area contributed by atoms with Crippen LogP contribution in [0.3, 0.4) is 0 Å². The summed E-state index contributed by atoms with van der Waals surface area (Å²) in [7, 11) is 1.39. The van der Waals surface area contributed by atoms with E-state index in [1.807, 2.05) is 0 Å². The molecule has 0 aliphatic rings. The maximum absolute atomic E-state index is 12.9. The standard InChI is InChI=1S/C16H13F3O4/c1-22-13-5-3-2-4-11(13)12-8-10(16(17,18)19)6-7-14(12)23-9-15(20)21/h2-8H,9H2,1H3,(H,20,21). The summed E-state index contributed by atoms with van der Waals surface area (Å²) in [6.07, 6.45) is -4.53. The Kier molecular flexibility index (Phi) is 4.78. The zero-order valence-electron chi connectivity index (χ0n) is 12.1. The predicted molar refractivity (Wildman–Crippen MR) is 76.6 cm³/mol. The van der Waals surface area contributed by atoms with Gasteiger partial charge in [0.05, 0.1) is 12.7 Å². The molecule has 0 amide bonds. The quantitative estimate of drug-likeness (QED) is 0.907. The number of rotatable bonds is 5. The largest absolute Gasteiger partial charge is 0.496 e. The molecule has 2 aromatic rings. The predicted octanol–water partition coefficient (Wildman–Crippen LogP) is 3.84. The van der Waals surface area contributed by atoms with Gasteiger partial charge in [-0.2, -0.15) is 13.2 Å². The normalized spacial score (nSPS) is 11.1. The highest BCUT2D eigenvalue weighted by Crippen LogP contribution is 2.40. The van der Waals surface area contributed by atoms with Gasteiger partial charge in [0.15, 0.2) is 6.61 Å². The van der Waals surface area contributed by atoms with Crippen molar-refractivity contribution in [3.05, 3.63) is 48.0 Å². The van der Waals surface area contributed by atoms with Crippen molar-refractivity contribution >= 4 is 5.97 Å². The first-order valence-corrected chi connectivity index (χ1v) is 6.52. The molecule has 2 rings (SSSR count). The first kappa shape index (κ1) is 16.7. The minimum absolute atomic E-state index is 0.0323. The Hall–Kier alpha value is -2.70. The van der Waals surface area contributed by atoms with E-state index in [4.69, 9.17) is 14.6 Å². The van der Waals surface area contributed by atoms with Gasteiger partial charge in [-0.3, -0.25) is 0 Å². The number of alkyl halides is 3. The number of para-hydroxylation sites is 1. The van der Waals surface area contributed by atoms with E-state index in [1.165, 1.54) is 7.11 Å². The number of hydrogen-bond acceptors (Lipinski definition) is 3. The Labute approximate surface area is 130 Å². The minimum Gasteiger partial charge on any atom is -0.496 e. The lowest BCUT2D eigenvalue weighted by atomic mass is 10.0. The number of hydrogen-bond donors (Lipinski definition) is 1. The lowest BCUT2D eigenvalue weighted by Crippen LogP contribution is -2.11. The first-order chi connectivity index (χ1) is 10.8. The molecule has 122 valence electrons. The number of benzene rings is 2. The molecular weight excluding hydrogens is 313 g/mol. The Morgan fingerprint density at radius 2 is 1.78 bits per heavy atom. The van der Waals surface area contributed by atoms with Gasteiger partial charge in [0.2, 0.25) is 0 Å². The molecule has 0 saturated heterocycles. The maximum atomic E-state index is 12.9. The van der Waals surface area contributed by atoms with Crippen LogP contribution in [0.5, 0.6) is 11.5 Å². The van der Waals surface area contributed by atoms with Crippen molar-refractivity contribution in [3.8, 4) is 22.6 Å². The minimum atomic E-state index is -4.53. The van der Waals surface area contributed by atoms with Crippen LogP contribution in [-0.4, -0.2) is 24.8 Å². The highest BCUT2D eigenvalue weighted by molar-refractivity contribution is 5.77. The lowest BCUT2D eigenvalue weighted by molar-refractivity contribution is -0.140. The van der Waals surface area contributed by atoms with Gasteiger partial charge in [0.25, 0.3) is 0 Å². The van der Waals surface area contributed by atoms with E-state index in [0.717, 1.165) is 18.2 Å². The summed E-state index contributed by atoms with van der Waals surface area (Å²) in [5.74, 6) is -0.840. The molecular formula is C16H13F3O4. The second-order valence-electron chi connectivity index (χ2n) is 4.59. The third kappa shape index (κ3) is 3.94. The van der Waals surface area contributed by atoms with Crippen LogP contribution >= 0.6 is 0 Å². The Morgan fingerprint density at radius 1 is 1.09 bits per heavy atom. The van der Waals surface area contributed by atoms with Gasteiger partial charge in [-0.1, -0.05) is 18.2 Å². The summed E-state index contributed by atoms with van der Waals surface area (Å²) >= 11 is 0. The molecule has 0 heterocycles. The van der Waals surface area contributed by atoms with Gasteiger partial charge >= 0.3 is 12.1 Å². The van der Waals surface area contributed by atoms with Crippen LogP contribution in [0.2, 0.25) is 0 Å². The summed E-state index contributed by atoms with van der Waals surface area (Å²) in [6.45, 7) is -0.659. The average Bonchev–Trinajstić information content (AvgIpc) is 2.51. The van der Waals surface area contributed by atoms with E-state index in [9.17, 15) is 18.0 Å². The molecule has 0 radical (unpaired) electrons. The lowest BCUT2D eigenvalue weighted by Gasteiger charge is -2.16. The van der Waals surface area contributed by atoms with Gasteiger partial charge in [0, 0.05) is 11.1 Å². The molecule has 0 aromatic heterocycles. The molecule has 4 nitrogen and oxygen atoms in total. The molecule has 23 heavy (non-hydrogen) atoms. The number of methoxy groups -OCH3 is 1. The molecule has 0 atom stereocenters. The van der Waals surface area contributed by atoms with Crippen LogP contribution in [0.15, 0.2) is 42.5 Å². The van der Waals surface area contributed by atoms with E-state index >= 15 is 0 Å². The number of aliphatic carboxylic acids is 1. The van der Waals surface area contributed by atoms with Crippen LogP contribution < -0.4 is 9.47 Å². The topological polar surface area (TPSA) is 55.8 Å². The number of ether oxygens (including phenoxy) is 2. The monoisotopic (exact) mass is 326 g/mol. The van der Waals surface area contributed by atoms with Gasteiger partial charge in [-0.15, -0.1) is 0 Å². The first-order valence-electron chi connectivity index (χ1n) is 6.52. The zero-order chi connectivity index (χ0) is 17.0. The fourth-order valence-corrected chi connectivity index (χ4v) is 2.05. The molecule has 0 fully saturated rings. The maximum Gasteiger partial charge on any atom is 0.416 e. The molecule has 2 aromatic carbocycles.